The Balaban J connectivity index is 1.99. The zero-order valence-corrected chi connectivity index (χ0v) is 9.61. The standard InChI is InChI=1S/C11H20N4/c1-9-10(6-13-14(9)2)7-15-5-3-4-11(12)8-15/h6,11H,3-5,7-8,12H2,1-2H3. The van der Waals surface area contributed by atoms with Crippen molar-refractivity contribution in [3.8, 4) is 0 Å². The molecule has 1 aliphatic rings. The van der Waals surface area contributed by atoms with E-state index in [1.54, 1.807) is 0 Å². The Bertz CT molecular complexity index is 331. The van der Waals surface area contributed by atoms with Crippen LogP contribution in [0.15, 0.2) is 6.20 Å². The predicted octanol–water partition coefficient (Wildman–Crippen LogP) is 0.652. The summed E-state index contributed by atoms with van der Waals surface area (Å²) in [5, 5.41) is 4.26. The van der Waals surface area contributed by atoms with Crippen LogP contribution in [0.4, 0.5) is 0 Å². The molecule has 4 nitrogen and oxygen atoms in total. The number of piperidine rings is 1. The molecule has 0 aromatic carbocycles. The molecule has 2 N–H and O–H groups in total. The second-order valence-electron chi connectivity index (χ2n) is 4.52. The monoisotopic (exact) mass is 208 g/mol. The van der Waals surface area contributed by atoms with E-state index < -0.39 is 0 Å². The van der Waals surface area contributed by atoms with Crippen molar-refractivity contribution in [2.24, 2.45) is 12.8 Å². The first-order chi connectivity index (χ1) is 7.16. The van der Waals surface area contributed by atoms with Crippen molar-refractivity contribution in [2.75, 3.05) is 13.1 Å². The van der Waals surface area contributed by atoms with Gasteiger partial charge in [0, 0.05) is 37.4 Å². The largest absolute Gasteiger partial charge is 0.327 e. The van der Waals surface area contributed by atoms with Gasteiger partial charge in [-0.2, -0.15) is 5.10 Å². The number of hydrogen-bond donors (Lipinski definition) is 1. The van der Waals surface area contributed by atoms with E-state index >= 15 is 0 Å². The van der Waals surface area contributed by atoms with Crippen molar-refractivity contribution in [1.29, 1.82) is 0 Å². The lowest BCUT2D eigenvalue weighted by atomic mass is 10.1. The SMILES string of the molecule is Cc1c(CN2CCCC(N)C2)cnn1C. The topological polar surface area (TPSA) is 47.1 Å². The van der Waals surface area contributed by atoms with Gasteiger partial charge < -0.3 is 5.73 Å². The third-order valence-corrected chi connectivity index (χ3v) is 3.27. The molecule has 1 aromatic heterocycles. The molecule has 1 aromatic rings. The molecule has 15 heavy (non-hydrogen) atoms. The number of nitrogens with zero attached hydrogens (tertiary/aromatic N) is 3. The highest BCUT2D eigenvalue weighted by molar-refractivity contribution is 5.15. The smallest absolute Gasteiger partial charge is 0.0537 e. The summed E-state index contributed by atoms with van der Waals surface area (Å²) in [7, 11) is 1.99. The van der Waals surface area contributed by atoms with E-state index in [0.29, 0.717) is 6.04 Å². The van der Waals surface area contributed by atoms with Gasteiger partial charge in [-0.15, -0.1) is 0 Å². The van der Waals surface area contributed by atoms with Crippen LogP contribution in [0.2, 0.25) is 0 Å². The van der Waals surface area contributed by atoms with Crippen LogP contribution in [-0.2, 0) is 13.6 Å². The van der Waals surface area contributed by atoms with Crippen molar-refractivity contribution >= 4 is 0 Å². The van der Waals surface area contributed by atoms with Gasteiger partial charge in [0.1, 0.15) is 0 Å². The zero-order chi connectivity index (χ0) is 10.8. The van der Waals surface area contributed by atoms with Crippen LogP contribution in [0, 0.1) is 6.92 Å². The fraction of sp³-hybridized carbons (Fsp3) is 0.727. The molecular weight excluding hydrogens is 188 g/mol. The Kier molecular flexibility index (Phi) is 3.07. The third kappa shape index (κ3) is 2.38. The molecule has 1 saturated heterocycles. The Labute approximate surface area is 91.1 Å². The van der Waals surface area contributed by atoms with Crippen LogP contribution < -0.4 is 5.73 Å². The minimum atomic E-state index is 0.357. The summed E-state index contributed by atoms with van der Waals surface area (Å²) in [4.78, 5) is 2.43. The van der Waals surface area contributed by atoms with Crippen molar-refractivity contribution in [3.05, 3.63) is 17.5 Å². The first kappa shape index (κ1) is 10.6. The van der Waals surface area contributed by atoms with Crippen molar-refractivity contribution in [1.82, 2.24) is 14.7 Å². The van der Waals surface area contributed by atoms with Gasteiger partial charge in [-0.05, 0) is 26.3 Å². The molecular formula is C11H20N4. The van der Waals surface area contributed by atoms with Gasteiger partial charge in [0.05, 0.1) is 6.20 Å². The average molecular weight is 208 g/mol. The van der Waals surface area contributed by atoms with Crippen LogP contribution in [-0.4, -0.2) is 33.8 Å². The summed E-state index contributed by atoms with van der Waals surface area (Å²) >= 11 is 0. The van der Waals surface area contributed by atoms with Crippen LogP contribution in [0.1, 0.15) is 24.1 Å². The van der Waals surface area contributed by atoms with E-state index in [-0.39, 0.29) is 0 Å². The van der Waals surface area contributed by atoms with Gasteiger partial charge in [0.2, 0.25) is 0 Å². The van der Waals surface area contributed by atoms with E-state index in [2.05, 4.69) is 16.9 Å². The highest BCUT2D eigenvalue weighted by atomic mass is 15.3. The molecule has 1 fully saturated rings. The molecule has 0 radical (unpaired) electrons. The van der Waals surface area contributed by atoms with E-state index in [1.807, 2.05) is 17.9 Å². The summed E-state index contributed by atoms with van der Waals surface area (Å²) in [5.41, 5.74) is 8.54. The fourth-order valence-electron chi connectivity index (χ4n) is 2.18. The molecule has 0 aliphatic carbocycles. The minimum Gasteiger partial charge on any atom is -0.327 e. The number of rotatable bonds is 2. The van der Waals surface area contributed by atoms with Crippen molar-refractivity contribution in [3.63, 3.8) is 0 Å². The molecule has 84 valence electrons. The minimum absolute atomic E-state index is 0.357. The number of hydrogen-bond acceptors (Lipinski definition) is 3. The van der Waals surface area contributed by atoms with Crippen LogP contribution in [0.5, 0.6) is 0 Å². The second-order valence-corrected chi connectivity index (χ2v) is 4.52. The predicted molar refractivity (Wildman–Crippen MR) is 60.4 cm³/mol. The van der Waals surface area contributed by atoms with Crippen LogP contribution >= 0.6 is 0 Å². The molecule has 0 amide bonds. The maximum atomic E-state index is 5.96. The van der Waals surface area contributed by atoms with Gasteiger partial charge >= 0.3 is 0 Å². The Morgan fingerprint density at radius 2 is 2.40 bits per heavy atom. The van der Waals surface area contributed by atoms with Crippen molar-refractivity contribution in [2.45, 2.75) is 32.4 Å². The molecule has 1 atom stereocenters. The quantitative estimate of drug-likeness (QED) is 0.776. The lowest BCUT2D eigenvalue weighted by Gasteiger charge is -2.30. The molecule has 2 rings (SSSR count). The van der Waals surface area contributed by atoms with E-state index in [9.17, 15) is 0 Å². The summed E-state index contributed by atoms with van der Waals surface area (Å²) < 4.78 is 1.93. The normalized spacial score (nSPS) is 23.3. The molecule has 1 aliphatic heterocycles. The summed E-state index contributed by atoms with van der Waals surface area (Å²) in [6, 6.07) is 0.357. The molecule has 0 spiro atoms. The lowest BCUT2D eigenvalue weighted by molar-refractivity contribution is 0.201. The highest BCUT2D eigenvalue weighted by Crippen LogP contribution is 2.14. The molecule has 0 saturated carbocycles. The van der Waals surface area contributed by atoms with E-state index in [0.717, 1.165) is 13.1 Å². The highest BCUT2D eigenvalue weighted by Gasteiger charge is 2.17. The van der Waals surface area contributed by atoms with Crippen LogP contribution in [0.3, 0.4) is 0 Å². The molecule has 2 heterocycles. The first-order valence-corrected chi connectivity index (χ1v) is 5.62. The molecule has 1 unspecified atom stereocenters. The lowest BCUT2D eigenvalue weighted by Crippen LogP contribution is -2.42. The average Bonchev–Trinajstić information content (AvgIpc) is 2.50. The Morgan fingerprint density at radius 3 is 3.00 bits per heavy atom. The summed E-state index contributed by atoms with van der Waals surface area (Å²) in [6.45, 7) is 5.30. The number of likely N-dealkylation sites (tertiary alicyclic amines) is 1. The molecule has 0 bridgehead atoms. The maximum absolute atomic E-state index is 5.96. The zero-order valence-electron chi connectivity index (χ0n) is 9.61. The summed E-state index contributed by atoms with van der Waals surface area (Å²) in [5.74, 6) is 0. The fourth-order valence-corrected chi connectivity index (χ4v) is 2.18. The molecule has 4 heteroatoms. The van der Waals surface area contributed by atoms with E-state index in [4.69, 9.17) is 5.73 Å². The number of aryl methyl sites for hydroxylation is 1. The van der Waals surface area contributed by atoms with Gasteiger partial charge in [0.15, 0.2) is 0 Å². The van der Waals surface area contributed by atoms with Crippen LogP contribution in [0.25, 0.3) is 0 Å². The third-order valence-electron chi connectivity index (χ3n) is 3.27. The number of aromatic nitrogens is 2. The van der Waals surface area contributed by atoms with Gasteiger partial charge in [0.25, 0.3) is 0 Å². The maximum Gasteiger partial charge on any atom is 0.0537 e. The Hall–Kier alpha value is -0.870. The second kappa shape index (κ2) is 4.33. The van der Waals surface area contributed by atoms with Gasteiger partial charge in [-0.3, -0.25) is 9.58 Å². The summed E-state index contributed by atoms with van der Waals surface area (Å²) in [6.07, 6.45) is 4.36. The number of nitrogens with two attached hydrogens (primary N) is 1. The van der Waals surface area contributed by atoms with E-state index in [1.165, 1.54) is 30.6 Å². The Morgan fingerprint density at radius 1 is 1.60 bits per heavy atom. The van der Waals surface area contributed by atoms with Gasteiger partial charge in [-0.1, -0.05) is 0 Å². The first-order valence-electron chi connectivity index (χ1n) is 5.62. The van der Waals surface area contributed by atoms with Gasteiger partial charge in [-0.25, -0.2) is 0 Å². The van der Waals surface area contributed by atoms with Crippen molar-refractivity contribution < 1.29 is 0 Å².